The average Bonchev–Trinajstić information content (AvgIpc) is 3.53. The van der Waals surface area contributed by atoms with Crippen molar-refractivity contribution in [3.8, 4) is 5.88 Å². The first-order chi connectivity index (χ1) is 18.2. The molecular formula is C28H23N5O5. The van der Waals surface area contributed by atoms with Crippen LogP contribution < -0.4 is 4.90 Å². The first kappa shape index (κ1) is 24.6. The molecule has 0 spiro atoms. The molecule has 0 unspecified atom stereocenters. The van der Waals surface area contributed by atoms with Gasteiger partial charge in [-0.1, -0.05) is 41.6 Å². The highest BCUT2D eigenvalue weighted by Crippen LogP contribution is 2.33. The molecule has 190 valence electrons. The van der Waals surface area contributed by atoms with Crippen LogP contribution in [-0.4, -0.2) is 48.2 Å². The third-order valence-electron chi connectivity index (χ3n) is 6.40. The number of aromatic nitrogens is 4. The van der Waals surface area contributed by atoms with Crippen molar-refractivity contribution in [1.82, 2.24) is 19.6 Å². The first-order valence-electron chi connectivity index (χ1n) is 11.8. The number of rotatable bonds is 2. The number of ketones is 1. The average molecular weight is 510 g/mol. The number of carbonyl (C=O) groups excluding carboxylic acids is 4. The predicted molar refractivity (Wildman–Crippen MR) is 140 cm³/mol. The summed E-state index contributed by atoms with van der Waals surface area (Å²) in [5.41, 5.74) is 4.03. The molecule has 3 aromatic carbocycles. The molecule has 2 amide bonds. The molecule has 10 nitrogen and oxygen atoms in total. The topological polar surface area (TPSA) is 127 Å². The zero-order valence-corrected chi connectivity index (χ0v) is 20.9. The number of aromatic hydroxyl groups is 1. The van der Waals surface area contributed by atoms with Gasteiger partial charge in [-0.3, -0.25) is 28.6 Å². The van der Waals surface area contributed by atoms with Crippen LogP contribution in [0.4, 0.5) is 5.69 Å². The number of anilines is 1. The van der Waals surface area contributed by atoms with Crippen molar-refractivity contribution in [2.24, 2.45) is 7.05 Å². The number of carbonyl (C=O) groups is 4. The number of fused-ring (bicyclic) bond motifs is 3. The molecule has 6 rings (SSSR count). The SMILES string of the molecule is CC(=O)N1C(=O)Cc2ccccc21.CC(=O)n1c(O)c(C(=O)c2ccc3c(c2)nnn3C)c2ccccc21. The Morgan fingerprint density at radius 2 is 1.61 bits per heavy atom. The van der Waals surface area contributed by atoms with E-state index < -0.39 is 0 Å². The van der Waals surface area contributed by atoms with Crippen molar-refractivity contribution in [3.05, 3.63) is 83.4 Å². The number of imide groups is 1. The van der Waals surface area contributed by atoms with Crippen LogP contribution in [0.5, 0.6) is 5.88 Å². The largest absolute Gasteiger partial charge is 0.494 e. The van der Waals surface area contributed by atoms with E-state index in [1.807, 2.05) is 18.2 Å². The molecule has 0 saturated carbocycles. The fraction of sp³-hybridized carbons (Fsp3) is 0.143. The summed E-state index contributed by atoms with van der Waals surface area (Å²) in [6.45, 7) is 2.74. The van der Waals surface area contributed by atoms with Crippen molar-refractivity contribution in [1.29, 1.82) is 0 Å². The second-order valence-electron chi connectivity index (χ2n) is 8.87. The lowest BCUT2D eigenvalue weighted by molar-refractivity contribution is -0.124. The van der Waals surface area contributed by atoms with Gasteiger partial charge in [0, 0.05) is 31.8 Å². The van der Waals surface area contributed by atoms with Crippen molar-refractivity contribution < 1.29 is 24.3 Å². The second-order valence-corrected chi connectivity index (χ2v) is 8.87. The maximum atomic E-state index is 13.0. The van der Waals surface area contributed by atoms with Crippen LogP contribution in [0, 0.1) is 0 Å². The molecule has 2 aromatic heterocycles. The Hall–Kier alpha value is -5.12. The Morgan fingerprint density at radius 1 is 0.895 bits per heavy atom. The van der Waals surface area contributed by atoms with Gasteiger partial charge in [0.1, 0.15) is 5.52 Å². The highest BCUT2D eigenvalue weighted by molar-refractivity contribution is 6.20. The minimum absolute atomic E-state index is 0.106. The van der Waals surface area contributed by atoms with E-state index in [2.05, 4.69) is 10.3 Å². The summed E-state index contributed by atoms with van der Waals surface area (Å²) in [5.74, 6) is -1.43. The van der Waals surface area contributed by atoms with Crippen LogP contribution in [0.1, 0.15) is 40.1 Å². The first-order valence-corrected chi connectivity index (χ1v) is 11.8. The fourth-order valence-corrected chi connectivity index (χ4v) is 4.70. The van der Waals surface area contributed by atoms with Crippen molar-refractivity contribution >= 4 is 51.1 Å². The van der Waals surface area contributed by atoms with Gasteiger partial charge in [-0.2, -0.15) is 0 Å². The number of para-hydroxylation sites is 2. The predicted octanol–water partition coefficient (Wildman–Crippen LogP) is 3.64. The van der Waals surface area contributed by atoms with Crippen molar-refractivity contribution in [3.63, 3.8) is 0 Å². The highest BCUT2D eigenvalue weighted by Gasteiger charge is 2.29. The molecule has 1 aliphatic rings. The number of aryl methyl sites for hydroxylation is 1. The molecule has 0 atom stereocenters. The molecule has 1 aliphatic heterocycles. The molecule has 3 heterocycles. The Bertz CT molecular complexity index is 1780. The summed E-state index contributed by atoms with van der Waals surface area (Å²) in [6.07, 6.45) is 0.343. The number of amides is 2. The van der Waals surface area contributed by atoms with Gasteiger partial charge in [-0.15, -0.1) is 5.10 Å². The van der Waals surface area contributed by atoms with Gasteiger partial charge < -0.3 is 5.11 Å². The number of nitrogens with zero attached hydrogens (tertiary/aromatic N) is 5. The van der Waals surface area contributed by atoms with E-state index in [0.29, 0.717) is 28.4 Å². The van der Waals surface area contributed by atoms with Crippen LogP contribution in [-0.2, 0) is 23.1 Å². The lowest BCUT2D eigenvalue weighted by Crippen LogP contribution is -2.31. The summed E-state index contributed by atoms with van der Waals surface area (Å²) in [6, 6.07) is 19.3. The summed E-state index contributed by atoms with van der Waals surface area (Å²) in [4.78, 5) is 48.7. The summed E-state index contributed by atoms with van der Waals surface area (Å²) in [7, 11) is 1.77. The van der Waals surface area contributed by atoms with E-state index in [1.165, 1.54) is 18.7 Å². The van der Waals surface area contributed by atoms with Crippen LogP contribution in [0.25, 0.3) is 21.9 Å². The van der Waals surface area contributed by atoms with Crippen LogP contribution in [0.15, 0.2) is 66.7 Å². The number of benzene rings is 3. The smallest absolute Gasteiger partial charge is 0.238 e. The number of hydrogen-bond acceptors (Lipinski definition) is 7. The Kier molecular flexibility index (Phi) is 6.08. The molecule has 1 N–H and O–H groups in total. The zero-order chi connectivity index (χ0) is 27.1. The molecule has 0 fully saturated rings. The van der Waals surface area contributed by atoms with E-state index in [1.54, 1.807) is 60.3 Å². The summed E-state index contributed by atoms with van der Waals surface area (Å²) in [5, 5.41) is 19.0. The van der Waals surface area contributed by atoms with E-state index in [4.69, 9.17) is 0 Å². The van der Waals surface area contributed by atoms with Gasteiger partial charge in [-0.05, 0) is 35.9 Å². The normalized spacial score (nSPS) is 12.4. The van der Waals surface area contributed by atoms with E-state index in [9.17, 15) is 24.3 Å². The Labute approximate surface area is 216 Å². The van der Waals surface area contributed by atoms with Gasteiger partial charge in [0.15, 0.2) is 5.78 Å². The maximum absolute atomic E-state index is 13.0. The molecule has 5 aromatic rings. The molecule has 0 aliphatic carbocycles. The third-order valence-corrected chi connectivity index (χ3v) is 6.40. The van der Waals surface area contributed by atoms with Crippen LogP contribution in [0.2, 0.25) is 0 Å². The highest BCUT2D eigenvalue weighted by atomic mass is 16.3. The zero-order valence-electron chi connectivity index (χ0n) is 20.9. The van der Waals surface area contributed by atoms with E-state index in [-0.39, 0.29) is 34.9 Å². The quantitative estimate of drug-likeness (QED) is 0.360. The van der Waals surface area contributed by atoms with Crippen molar-refractivity contribution in [2.75, 3.05) is 4.90 Å². The minimum atomic E-state index is -0.374. The van der Waals surface area contributed by atoms with Gasteiger partial charge in [0.25, 0.3) is 0 Å². The van der Waals surface area contributed by atoms with Gasteiger partial charge >= 0.3 is 0 Å². The Morgan fingerprint density at radius 3 is 2.34 bits per heavy atom. The molecule has 0 saturated heterocycles. The molecule has 10 heteroatoms. The van der Waals surface area contributed by atoms with E-state index >= 15 is 0 Å². The van der Waals surface area contributed by atoms with E-state index in [0.717, 1.165) is 21.3 Å². The maximum Gasteiger partial charge on any atom is 0.238 e. The second kappa shape index (κ2) is 9.40. The molecular weight excluding hydrogens is 486 g/mol. The standard InChI is InChI=1S/C18H14N4O3.C10H9NO2/c1-10(23)22-14-6-4-3-5-12(14)16(18(22)25)17(24)11-7-8-15-13(9-11)19-20-21(15)2;1-7(12)11-9-5-3-2-4-8(9)6-10(11)13/h3-9,25H,1-2H3;2-5H,6H2,1H3. The summed E-state index contributed by atoms with van der Waals surface area (Å²) >= 11 is 0. The van der Waals surface area contributed by atoms with Gasteiger partial charge in [0.05, 0.1) is 28.7 Å². The number of hydrogen-bond donors (Lipinski definition) is 1. The lowest BCUT2D eigenvalue weighted by Gasteiger charge is -2.11. The van der Waals surface area contributed by atoms with Gasteiger partial charge in [-0.25, -0.2) is 4.68 Å². The minimum Gasteiger partial charge on any atom is -0.494 e. The van der Waals surface area contributed by atoms with Crippen LogP contribution in [0.3, 0.4) is 0 Å². The molecule has 0 bridgehead atoms. The summed E-state index contributed by atoms with van der Waals surface area (Å²) < 4.78 is 2.76. The Balaban J connectivity index is 0.000000190. The third kappa shape index (κ3) is 4.01. The van der Waals surface area contributed by atoms with Crippen LogP contribution >= 0.6 is 0 Å². The fourth-order valence-electron chi connectivity index (χ4n) is 4.70. The molecule has 38 heavy (non-hydrogen) atoms. The molecule has 0 radical (unpaired) electrons. The van der Waals surface area contributed by atoms with Crippen molar-refractivity contribution in [2.45, 2.75) is 20.3 Å². The van der Waals surface area contributed by atoms with Gasteiger partial charge in [0.2, 0.25) is 23.6 Å². The monoisotopic (exact) mass is 509 g/mol. The lowest BCUT2D eigenvalue weighted by atomic mass is 10.0.